The Morgan fingerprint density at radius 2 is 1.82 bits per heavy atom. The number of nitrogens with one attached hydrogen (secondary N) is 1. The number of anilines is 1. The minimum atomic E-state index is -0.444. The first kappa shape index (κ1) is 15.6. The third kappa shape index (κ3) is 3.85. The number of methoxy groups -OCH3 is 2. The number of hydrogen-bond donors (Lipinski definition) is 1. The van der Waals surface area contributed by atoms with Crippen molar-refractivity contribution in [1.29, 1.82) is 0 Å². The molecule has 0 heterocycles. The fraction of sp³-hybridized carbons (Fsp3) is 0.176. The van der Waals surface area contributed by atoms with E-state index in [1.165, 1.54) is 7.11 Å². The van der Waals surface area contributed by atoms with E-state index in [-0.39, 0.29) is 12.3 Å². The van der Waals surface area contributed by atoms with Crippen molar-refractivity contribution < 1.29 is 19.1 Å². The zero-order chi connectivity index (χ0) is 15.9. The minimum Gasteiger partial charge on any atom is -0.496 e. The maximum atomic E-state index is 12.1. The Hall–Kier alpha value is -2.82. The van der Waals surface area contributed by atoms with Crippen molar-refractivity contribution in [2.75, 3.05) is 19.5 Å². The van der Waals surface area contributed by atoms with Crippen molar-refractivity contribution in [1.82, 2.24) is 0 Å². The number of benzene rings is 2. The Kier molecular flexibility index (Phi) is 5.14. The summed E-state index contributed by atoms with van der Waals surface area (Å²) in [6.07, 6.45) is 0.187. The predicted molar refractivity (Wildman–Crippen MR) is 83.1 cm³/mol. The predicted octanol–water partition coefficient (Wildman–Crippen LogP) is 2.66. The third-order valence-corrected chi connectivity index (χ3v) is 3.11. The summed E-state index contributed by atoms with van der Waals surface area (Å²) in [5.41, 5.74) is 1.73. The van der Waals surface area contributed by atoms with Crippen LogP contribution in [0.5, 0.6) is 5.75 Å². The van der Waals surface area contributed by atoms with Gasteiger partial charge in [0.15, 0.2) is 0 Å². The van der Waals surface area contributed by atoms with E-state index in [0.717, 1.165) is 5.56 Å². The number of ether oxygens (including phenoxy) is 2. The van der Waals surface area contributed by atoms with E-state index < -0.39 is 5.97 Å². The second-order valence-corrected chi connectivity index (χ2v) is 4.61. The van der Waals surface area contributed by atoms with Crippen LogP contribution < -0.4 is 10.1 Å². The maximum absolute atomic E-state index is 12.1. The van der Waals surface area contributed by atoms with E-state index in [1.807, 2.05) is 18.2 Å². The van der Waals surface area contributed by atoms with E-state index in [0.29, 0.717) is 17.0 Å². The highest BCUT2D eigenvalue weighted by Gasteiger charge is 2.10. The van der Waals surface area contributed by atoms with Gasteiger partial charge >= 0.3 is 5.97 Å². The first-order chi connectivity index (χ1) is 10.6. The van der Waals surface area contributed by atoms with Gasteiger partial charge in [0, 0.05) is 11.3 Å². The Balaban J connectivity index is 2.07. The molecule has 0 aromatic heterocycles. The van der Waals surface area contributed by atoms with Crippen molar-refractivity contribution in [3.05, 3.63) is 59.7 Å². The summed E-state index contributed by atoms with van der Waals surface area (Å²) in [6, 6.07) is 13.9. The van der Waals surface area contributed by atoms with Crippen LogP contribution in [-0.2, 0) is 16.0 Å². The molecule has 114 valence electrons. The van der Waals surface area contributed by atoms with Crippen LogP contribution in [0.25, 0.3) is 0 Å². The summed E-state index contributed by atoms with van der Waals surface area (Å²) < 4.78 is 9.87. The highest BCUT2D eigenvalue weighted by molar-refractivity contribution is 5.95. The van der Waals surface area contributed by atoms with Crippen molar-refractivity contribution >= 4 is 17.6 Å². The molecule has 2 rings (SSSR count). The average molecular weight is 299 g/mol. The van der Waals surface area contributed by atoms with Gasteiger partial charge in [0.05, 0.1) is 26.2 Å². The highest BCUT2D eigenvalue weighted by Crippen LogP contribution is 2.19. The molecule has 1 amide bonds. The van der Waals surface area contributed by atoms with Crippen LogP contribution in [0.1, 0.15) is 15.9 Å². The van der Waals surface area contributed by atoms with E-state index >= 15 is 0 Å². The van der Waals surface area contributed by atoms with Gasteiger partial charge in [-0.3, -0.25) is 4.79 Å². The van der Waals surface area contributed by atoms with Gasteiger partial charge in [-0.2, -0.15) is 0 Å². The second-order valence-electron chi connectivity index (χ2n) is 4.61. The molecule has 0 bridgehead atoms. The average Bonchev–Trinajstić information content (AvgIpc) is 2.54. The lowest BCUT2D eigenvalue weighted by Crippen LogP contribution is -2.15. The molecule has 5 nitrogen and oxygen atoms in total. The molecule has 0 fully saturated rings. The molecule has 2 aromatic rings. The Morgan fingerprint density at radius 1 is 1.05 bits per heavy atom. The molecule has 0 aliphatic carbocycles. The standard InChI is InChI=1S/C17H17NO4/c1-21-15-9-4-3-6-12(15)11-16(19)18-14-8-5-7-13(10-14)17(20)22-2/h3-10H,11H2,1-2H3,(H,18,19). The lowest BCUT2D eigenvalue weighted by molar-refractivity contribution is -0.115. The van der Waals surface area contributed by atoms with Crippen molar-refractivity contribution in [3.8, 4) is 5.75 Å². The van der Waals surface area contributed by atoms with E-state index in [2.05, 4.69) is 10.1 Å². The normalized spacial score (nSPS) is 9.91. The van der Waals surface area contributed by atoms with Crippen LogP contribution in [0.3, 0.4) is 0 Å². The maximum Gasteiger partial charge on any atom is 0.337 e. The molecule has 0 aliphatic rings. The number of carbonyl (C=O) groups is 2. The van der Waals surface area contributed by atoms with Gasteiger partial charge in [0.2, 0.25) is 5.91 Å². The summed E-state index contributed by atoms with van der Waals surface area (Å²) in [5, 5.41) is 2.76. The molecule has 0 radical (unpaired) electrons. The first-order valence-corrected chi connectivity index (χ1v) is 6.74. The van der Waals surface area contributed by atoms with Gasteiger partial charge in [0.1, 0.15) is 5.75 Å². The molecule has 0 saturated carbocycles. The molecule has 0 spiro atoms. The monoisotopic (exact) mass is 299 g/mol. The van der Waals surface area contributed by atoms with E-state index in [4.69, 9.17) is 4.74 Å². The molecule has 0 saturated heterocycles. The summed E-state index contributed by atoms with van der Waals surface area (Å²) in [6.45, 7) is 0. The van der Waals surface area contributed by atoms with Crippen LogP contribution in [0.2, 0.25) is 0 Å². The van der Waals surface area contributed by atoms with Gasteiger partial charge in [-0.15, -0.1) is 0 Å². The van der Waals surface area contributed by atoms with Crippen molar-refractivity contribution in [2.24, 2.45) is 0 Å². The Bertz CT molecular complexity index is 682. The van der Waals surface area contributed by atoms with Gasteiger partial charge in [-0.1, -0.05) is 24.3 Å². The summed E-state index contributed by atoms with van der Waals surface area (Å²) in [5.74, 6) is 0.0355. The largest absolute Gasteiger partial charge is 0.496 e. The molecule has 0 unspecified atom stereocenters. The van der Waals surface area contributed by atoms with Gasteiger partial charge < -0.3 is 14.8 Å². The molecule has 5 heteroatoms. The number of rotatable bonds is 5. The number of esters is 1. The number of hydrogen-bond acceptors (Lipinski definition) is 4. The fourth-order valence-corrected chi connectivity index (χ4v) is 2.07. The fourth-order valence-electron chi connectivity index (χ4n) is 2.07. The molecular formula is C17H17NO4. The lowest BCUT2D eigenvalue weighted by atomic mass is 10.1. The van der Waals surface area contributed by atoms with Crippen LogP contribution in [0.4, 0.5) is 5.69 Å². The zero-order valence-corrected chi connectivity index (χ0v) is 12.5. The molecule has 22 heavy (non-hydrogen) atoms. The summed E-state index contributed by atoms with van der Waals surface area (Å²) in [7, 11) is 2.88. The minimum absolute atomic E-state index is 0.187. The molecule has 0 aliphatic heterocycles. The first-order valence-electron chi connectivity index (χ1n) is 6.74. The smallest absolute Gasteiger partial charge is 0.337 e. The summed E-state index contributed by atoms with van der Waals surface area (Å²) >= 11 is 0. The van der Waals surface area contributed by atoms with Gasteiger partial charge in [-0.05, 0) is 24.3 Å². The molecule has 1 N–H and O–H groups in total. The van der Waals surface area contributed by atoms with E-state index in [9.17, 15) is 9.59 Å². The van der Waals surface area contributed by atoms with Gasteiger partial charge in [0.25, 0.3) is 0 Å². The quantitative estimate of drug-likeness (QED) is 0.862. The van der Waals surface area contributed by atoms with E-state index in [1.54, 1.807) is 37.4 Å². The highest BCUT2D eigenvalue weighted by atomic mass is 16.5. The Morgan fingerprint density at radius 3 is 2.55 bits per heavy atom. The number of carbonyl (C=O) groups excluding carboxylic acids is 2. The number of para-hydroxylation sites is 1. The van der Waals surface area contributed by atoms with Crippen molar-refractivity contribution in [2.45, 2.75) is 6.42 Å². The Labute approximate surface area is 128 Å². The SMILES string of the molecule is COC(=O)c1cccc(NC(=O)Cc2ccccc2OC)c1. The van der Waals surface area contributed by atoms with Gasteiger partial charge in [-0.25, -0.2) is 4.79 Å². The zero-order valence-electron chi connectivity index (χ0n) is 12.5. The van der Waals surface area contributed by atoms with Crippen molar-refractivity contribution in [3.63, 3.8) is 0 Å². The van der Waals surface area contributed by atoms with Crippen LogP contribution in [0.15, 0.2) is 48.5 Å². The second kappa shape index (κ2) is 7.26. The topological polar surface area (TPSA) is 64.6 Å². The molecule has 0 atom stereocenters. The molecule has 2 aromatic carbocycles. The van der Waals surface area contributed by atoms with Crippen LogP contribution in [-0.4, -0.2) is 26.1 Å². The number of amides is 1. The van der Waals surface area contributed by atoms with Crippen LogP contribution >= 0.6 is 0 Å². The molecular weight excluding hydrogens is 282 g/mol. The van der Waals surface area contributed by atoms with Crippen LogP contribution in [0, 0.1) is 0 Å². The summed E-state index contributed by atoms with van der Waals surface area (Å²) in [4.78, 5) is 23.6. The lowest BCUT2D eigenvalue weighted by Gasteiger charge is -2.09. The third-order valence-electron chi connectivity index (χ3n) is 3.11.